The van der Waals surface area contributed by atoms with Gasteiger partial charge in [-0.15, -0.1) is 0 Å². The minimum absolute atomic E-state index is 0.401. The summed E-state index contributed by atoms with van der Waals surface area (Å²) in [5.41, 5.74) is 3.41. The number of aromatic amines is 1. The van der Waals surface area contributed by atoms with Crippen molar-refractivity contribution >= 4 is 34.9 Å². The third-order valence-corrected chi connectivity index (χ3v) is 4.12. The van der Waals surface area contributed by atoms with E-state index in [2.05, 4.69) is 40.7 Å². The van der Waals surface area contributed by atoms with E-state index in [9.17, 15) is 0 Å². The van der Waals surface area contributed by atoms with Crippen molar-refractivity contribution in [2.24, 2.45) is 0 Å². The Morgan fingerprint density at radius 1 is 1.20 bits per heavy atom. The third-order valence-electron chi connectivity index (χ3n) is 3.56. The molecule has 3 aromatic rings. The first-order chi connectivity index (χ1) is 9.65. The summed E-state index contributed by atoms with van der Waals surface area (Å²) in [5, 5.41) is 0.719. The Labute approximate surface area is 128 Å². The zero-order valence-corrected chi connectivity index (χ0v) is 12.7. The van der Waals surface area contributed by atoms with E-state index >= 15 is 0 Å². The van der Waals surface area contributed by atoms with Crippen LogP contribution in [0.5, 0.6) is 0 Å². The molecule has 1 heterocycles. The van der Waals surface area contributed by atoms with Crippen molar-refractivity contribution in [3.05, 3.63) is 63.9 Å². The molecule has 1 N–H and O–H groups in total. The highest BCUT2D eigenvalue weighted by atomic mass is 35.5. The molecule has 0 aliphatic rings. The quantitative estimate of drug-likeness (QED) is 0.663. The predicted molar refractivity (Wildman–Crippen MR) is 87.0 cm³/mol. The molecule has 4 heteroatoms. The number of nitrogens with zero attached hydrogens (tertiary/aromatic N) is 1. The van der Waals surface area contributed by atoms with Crippen molar-refractivity contribution < 1.29 is 0 Å². The summed E-state index contributed by atoms with van der Waals surface area (Å²) >= 11 is 11.4. The van der Waals surface area contributed by atoms with Gasteiger partial charge in [-0.2, -0.15) is 0 Å². The van der Waals surface area contributed by atoms with Gasteiger partial charge in [0.05, 0.1) is 11.0 Å². The molecule has 1 unspecified atom stereocenters. The van der Waals surface area contributed by atoms with Crippen LogP contribution in [0.4, 0.5) is 0 Å². The van der Waals surface area contributed by atoms with E-state index in [4.69, 9.17) is 23.8 Å². The van der Waals surface area contributed by atoms with Gasteiger partial charge in [-0.1, -0.05) is 48.9 Å². The minimum Gasteiger partial charge on any atom is -0.331 e. The molecule has 0 fully saturated rings. The van der Waals surface area contributed by atoms with Gasteiger partial charge in [0.15, 0.2) is 4.77 Å². The molecule has 2 nitrogen and oxygen atoms in total. The van der Waals surface area contributed by atoms with E-state index in [-0.39, 0.29) is 0 Å². The summed E-state index contributed by atoms with van der Waals surface area (Å²) in [6.45, 7) is 3.07. The van der Waals surface area contributed by atoms with Crippen LogP contribution in [0.2, 0.25) is 5.02 Å². The molecule has 0 spiro atoms. The summed E-state index contributed by atoms with van der Waals surface area (Å²) in [4.78, 5) is 3.22. The van der Waals surface area contributed by atoms with Gasteiger partial charge in [-0.05, 0) is 41.9 Å². The van der Waals surface area contributed by atoms with Gasteiger partial charge in [0, 0.05) is 11.6 Å². The molecule has 3 rings (SSSR count). The Kier molecular flexibility index (Phi) is 3.64. The first kappa shape index (κ1) is 13.4. The average Bonchev–Trinajstić information content (AvgIpc) is 2.75. The van der Waals surface area contributed by atoms with Crippen LogP contribution in [0, 0.1) is 4.77 Å². The number of halogens is 1. The Morgan fingerprint density at radius 3 is 2.70 bits per heavy atom. The van der Waals surface area contributed by atoms with Crippen LogP contribution < -0.4 is 0 Å². The Hall–Kier alpha value is -1.58. The second-order valence-corrected chi connectivity index (χ2v) is 5.84. The predicted octanol–water partition coefficient (Wildman–Crippen LogP) is 5.16. The summed E-state index contributed by atoms with van der Waals surface area (Å²) in [6, 6.07) is 16.3. The lowest BCUT2D eigenvalue weighted by Gasteiger charge is -2.13. The molecule has 2 aromatic carbocycles. The molecule has 20 heavy (non-hydrogen) atoms. The second-order valence-electron chi connectivity index (χ2n) is 5.01. The highest BCUT2D eigenvalue weighted by Crippen LogP contribution is 2.23. The maximum Gasteiger partial charge on any atom is 0.178 e. The normalized spacial score (nSPS) is 12.7. The van der Waals surface area contributed by atoms with Gasteiger partial charge in [0.1, 0.15) is 0 Å². The Bertz CT molecular complexity index is 789. The molecular weight excluding hydrogens is 288 g/mol. The van der Waals surface area contributed by atoms with Crippen molar-refractivity contribution in [2.75, 3.05) is 0 Å². The third kappa shape index (κ3) is 2.51. The van der Waals surface area contributed by atoms with E-state index in [1.165, 1.54) is 5.56 Å². The molecule has 0 saturated heterocycles. The lowest BCUT2D eigenvalue weighted by molar-refractivity contribution is 0.605. The molecule has 0 bridgehead atoms. The molecule has 0 saturated carbocycles. The Balaban J connectivity index is 1.99. The van der Waals surface area contributed by atoms with E-state index in [0.29, 0.717) is 5.92 Å². The maximum absolute atomic E-state index is 6.02. The van der Waals surface area contributed by atoms with Crippen molar-refractivity contribution in [2.45, 2.75) is 19.4 Å². The molecule has 102 valence electrons. The van der Waals surface area contributed by atoms with Crippen LogP contribution in [-0.4, -0.2) is 9.55 Å². The molecule has 0 radical (unpaired) electrons. The van der Waals surface area contributed by atoms with Gasteiger partial charge in [-0.25, -0.2) is 0 Å². The highest BCUT2D eigenvalue weighted by molar-refractivity contribution is 7.71. The molecule has 1 aromatic heterocycles. The number of imidazole rings is 1. The van der Waals surface area contributed by atoms with E-state index in [1.807, 2.05) is 24.3 Å². The van der Waals surface area contributed by atoms with Crippen LogP contribution >= 0.6 is 23.8 Å². The van der Waals surface area contributed by atoms with Crippen LogP contribution in [-0.2, 0) is 6.54 Å². The van der Waals surface area contributed by atoms with E-state index < -0.39 is 0 Å². The van der Waals surface area contributed by atoms with Gasteiger partial charge in [0.25, 0.3) is 0 Å². The number of rotatable bonds is 3. The minimum atomic E-state index is 0.401. The zero-order chi connectivity index (χ0) is 14.1. The monoisotopic (exact) mass is 302 g/mol. The largest absolute Gasteiger partial charge is 0.331 e. The topological polar surface area (TPSA) is 20.7 Å². The number of hydrogen-bond acceptors (Lipinski definition) is 1. The van der Waals surface area contributed by atoms with Crippen LogP contribution in [0.25, 0.3) is 11.0 Å². The fourth-order valence-electron chi connectivity index (χ4n) is 2.48. The number of fused-ring (bicyclic) bond motifs is 1. The van der Waals surface area contributed by atoms with Crippen molar-refractivity contribution in [1.29, 1.82) is 0 Å². The number of H-pyrrole nitrogens is 1. The molecule has 0 aliphatic heterocycles. The van der Waals surface area contributed by atoms with Gasteiger partial charge in [-0.3, -0.25) is 0 Å². The second kappa shape index (κ2) is 5.43. The average molecular weight is 303 g/mol. The van der Waals surface area contributed by atoms with Crippen molar-refractivity contribution in [3.63, 3.8) is 0 Å². The summed E-state index contributed by atoms with van der Waals surface area (Å²) in [6.07, 6.45) is 0. The summed E-state index contributed by atoms with van der Waals surface area (Å²) in [5.74, 6) is 0.401. The van der Waals surface area contributed by atoms with Crippen LogP contribution in [0.15, 0.2) is 48.5 Å². The molecular formula is C16H15ClN2S. The maximum atomic E-state index is 6.02. The standard InChI is InChI=1S/C16H15ClN2S/c1-11(12-5-3-2-4-6-12)10-19-15-8-7-13(17)9-14(15)18-16(19)20/h2-9,11H,10H2,1H3,(H,18,20). The van der Waals surface area contributed by atoms with Crippen LogP contribution in [0.1, 0.15) is 18.4 Å². The highest BCUT2D eigenvalue weighted by Gasteiger charge is 2.10. The summed E-state index contributed by atoms with van der Waals surface area (Å²) in [7, 11) is 0. The van der Waals surface area contributed by atoms with Gasteiger partial charge in [0.2, 0.25) is 0 Å². The number of benzene rings is 2. The fraction of sp³-hybridized carbons (Fsp3) is 0.188. The number of hydrogen-bond donors (Lipinski definition) is 1. The van der Waals surface area contributed by atoms with Gasteiger partial charge < -0.3 is 9.55 Å². The number of nitrogens with one attached hydrogen (secondary N) is 1. The van der Waals surface area contributed by atoms with Gasteiger partial charge >= 0.3 is 0 Å². The first-order valence-corrected chi connectivity index (χ1v) is 7.37. The van der Waals surface area contributed by atoms with E-state index in [0.717, 1.165) is 27.4 Å². The summed E-state index contributed by atoms with van der Waals surface area (Å²) < 4.78 is 2.88. The Morgan fingerprint density at radius 2 is 1.95 bits per heavy atom. The molecule has 1 atom stereocenters. The fourth-order valence-corrected chi connectivity index (χ4v) is 2.93. The lowest BCUT2D eigenvalue weighted by Crippen LogP contribution is -2.06. The molecule has 0 aliphatic carbocycles. The van der Waals surface area contributed by atoms with Crippen LogP contribution in [0.3, 0.4) is 0 Å². The van der Waals surface area contributed by atoms with Crippen molar-refractivity contribution in [1.82, 2.24) is 9.55 Å². The molecule has 0 amide bonds. The lowest BCUT2D eigenvalue weighted by atomic mass is 10.0. The zero-order valence-electron chi connectivity index (χ0n) is 11.1. The smallest absolute Gasteiger partial charge is 0.178 e. The SMILES string of the molecule is CC(Cn1c(=S)[nH]c2cc(Cl)ccc21)c1ccccc1. The van der Waals surface area contributed by atoms with Crippen molar-refractivity contribution in [3.8, 4) is 0 Å². The number of aromatic nitrogens is 2. The van der Waals surface area contributed by atoms with E-state index in [1.54, 1.807) is 0 Å². The first-order valence-electron chi connectivity index (χ1n) is 6.58.